The van der Waals surface area contributed by atoms with E-state index in [0.717, 1.165) is 27.0 Å². The monoisotopic (exact) mass is 409 g/mol. The van der Waals surface area contributed by atoms with Gasteiger partial charge >= 0.3 is 5.97 Å². The zero-order valence-corrected chi connectivity index (χ0v) is 17.0. The fraction of sp³-hybridized carbons (Fsp3) is 0.217. The van der Waals surface area contributed by atoms with Gasteiger partial charge in [-0.3, -0.25) is 9.59 Å². The zero-order chi connectivity index (χ0) is 20.5. The number of thioether (sulfide) groups is 1. The normalized spacial score (nSPS) is 10.5. The number of nitrogens with one attached hydrogen (secondary N) is 1. The molecule has 1 N–H and O–H groups in total. The predicted molar refractivity (Wildman–Crippen MR) is 115 cm³/mol. The molecule has 0 aliphatic rings. The van der Waals surface area contributed by atoms with Gasteiger partial charge in [0.2, 0.25) is 0 Å². The van der Waals surface area contributed by atoms with Gasteiger partial charge in [0.15, 0.2) is 6.61 Å². The summed E-state index contributed by atoms with van der Waals surface area (Å²) in [6, 6.07) is 21.8. The Morgan fingerprint density at radius 1 is 0.966 bits per heavy atom. The maximum absolute atomic E-state index is 11.9. The minimum absolute atomic E-state index is 0.164. The van der Waals surface area contributed by atoms with Crippen LogP contribution in [0.2, 0.25) is 0 Å². The summed E-state index contributed by atoms with van der Waals surface area (Å²) >= 11 is 1.40. The van der Waals surface area contributed by atoms with E-state index in [-0.39, 0.29) is 18.3 Å². The van der Waals surface area contributed by atoms with Crippen LogP contribution >= 0.6 is 11.8 Å². The number of carbonyl (C=O) groups is 2. The van der Waals surface area contributed by atoms with Crippen molar-refractivity contribution in [2.75, 3.05) is 26.0 Å². The van der Waals surface area contributed by atoms with E-state index in [1.807, 2.05) is 66.7 Å². The quantitative estimate of drug-likeness (QED) is 0.430. The van der Waals surface area contributed by atoms with Crippen LogP contribution in [-0.4, -0.2) is 37.9 Å². The SMILES string of the molecule is COc1ccc(CCNC(=O)COC(=O)CSc2ccc3ccccc3c2)cc1. The van der Waals surface area contributed by atoms with Gasteiger partial charge in [0.1, 0.15) is 5.75 Å². The Labute approximate surface area is 174 Å². The Kier molecular flexibility index (Phi) is 7.53. The number of hydrogen-bond donors (Lipinski definition) is 1. The van der Waals surface area contributed by atoms with Crippen molar-refractivity contribution in [1.29, 1.82) is 0 Å². The largest absolute Gasteiger partial charge is 0.497 e. The van der Waals surface area contributed by atoms with Gasteiger partial charge in [0, 0.05) is 11.4 Å². The van der Waals surface area contributed by atoms with Gasteiger partial charge in [0.25, 0.3) is 5.91 Å². The lowest BCUT2D eigenvalue weighted by atomic mass is 10.1. The highest BCUT2D eigenvalue weighted by Crippen LogP contribution is 2.23. The van der Waals surface area contributed by atoms with Crippen LogP contribution < -0.4 is 10.1 Å². The summed E-state index contributed by atoms with van der Waals surface area (Å²) in [4.78, 5) is 24.7. The summed E-state index contributed by atoms with van der Waals surface area (Å²) in [6.07, 6.45) is 0.696. The Bertz CT molecular complexity index is 972. The lowest BCUT2D eigenvalue weighted by Gasteiger charge is -2.08. The first-order valence-corrected chi connectivity index (χ1v) is 10.3. The second-order valence-corrected chi connectivity index (χ2v) is 7.46. The molecule has 0 aliphatic heterocycles. The van der Waals surface area contributed by atoms with E-state index in [0.29, 0.717) is 13.0 Å². The molecule has 0 heterocycles. The van der Waals surface area contributed by atoms with Gasteiger partial charge in [-0.25, -0.2) is 0 Å². The zero-order valence-electron chi connectivity index (χ0n) is 16.2. The number of esters is 1. The van der Waals surface area contributed by atoms with Crippen LogP contribution in [0.1, 0.15) is 5.56 Å². The molecule has 150 valence electrons. The van der Waals surface area contributed by atoms with E-state index in [9.17, 15) is 9.59 Å². The topological polar surface area (TPSA) is 64.6 Å². The second-order valence-electron chi connectivity index (χ2n) is 6.41. The summed E-state index contributed by atoms with van der Waals surface area (Å²) in [5, 5.41) is 5.04. The van der Waals surface area contributed by atoms with E-state index >= 15 is 0 Å². The number of rotatable bonds is 9. The Hall–Kier alpha value is -2.99. The lowest BCUT2D eigenvalue weighted by molar-refractivity contribution is -0.145. The van der Waals surface area contributed by atoms with Gasteiger partial charge < -0.3 is 14.8 Å². The van der Waals surface area contributed by atoms with Crippen LogP contribution in [0.5, 0.6) is 5.75 Å². The maximum Gasteiger partial charge on any atom is 0.316 e. The Morgan fingerprint density at radius 3 is 2.48 bits per heavy atom. The van der Waals surface area contributed by atoms with Crippen LogP contribution in [0.4, 0.5) is 0 Å². The van der Waals surface area contributed by atoms with Crippen molar-refractivity contribution in [3.63, 3.8) is 0 Å². The van der Waals surface area contributed by atoms with Gasteiger partial charge in [-0.2, -0.15) is 0 Å². The first-order valence-electron chi connectivity index (χ1n) is 9.31. The molecule has 0 saturated heterocycles. The van der Waals surface area contributed by atoms with E-state index in [1.165, 1.54) is 11.8 Å². The molecule has 1 amide bonds. The van der Waals surface area contributed by atoms with Crippen molar-refractivity contribution in [1.82, 2.24) is 5.32 Å². The van der Waals surface area contributed by atoms with Crippen molar-refractivity contribution < 1.29 is 19.1 Å². The van der Waals surface area contributed by atoms with Crippen molar-refractivity contribution in [3.8, 4) is 5.75 Å². The molecule has 5 nitrogen and oxygen atoms in total. The summed E-state index contributed by atoms with van der Waals surface area (Å²) in [5.41, 5.74) is 1.09. The summed E-state index contributed by atoms with van der Waals surface area (Å²) in [5.74, 6) is 0.250. The molecule has 29 heavy (non-hydrogen) atoms. The molecule has 3 aromatic rings. The van der Waals surface area contributed by atoms with Crippen molar-refractivity contribution in [2.24, 2.45) is 0 Å². The number of hydrogen-bond acceptors (Lipinski definition) is 5. The molecule has 0 aromatic heterocycles. The van der Waals surface area contributed by atoms with Crippen LogP contribution in [0.3, 0.4) is 0 Å². The molecular weight excluding hydrogens is 386 g/mol. The van der Waals surface area contributed by atoms with Crippen LogP contribution in [0.15, 0.2) is 71.6 Å². The standard InChI is InChI=1S/C23H23NO4S/c1-27-20-9-6-17(7-10-20)12-13-24-22(25)15-28-23(26)16-29-21-11-8-18-4-2-3-5-19(18)14-21/h2-11,14H,12-13,15-16H2,1H3,(H,24,25). The second kappa shape index (κ2) is 10.5. The van der Waals surface area contributed by atoms with Gasteiger partial charge in [-0.05, 0) is 47.0 Å². The van der Waals surface area contributed by atoms with E-state index < -0.39 is 5.97 Å². The molecule has 0 spiro atoms. The number of carbonyl (C=O) groups excluding carboxylic acids is 2. The average molecular weight is 410 g/mol. The number of amides is 1. The highest BCUT2D eigenvalue weighted by Gasteiger charge is 2.08. The van der Waals surface area contributed by atoms with Crippen LogP contribution in [-0.2, 0) is 20.7 Å². The lowest BCUT2D eigenvalue weighted by Crippen LogP contribution is -2.30. The van der Waals surface area contributed by atoms with E-state index in [1.54, 1.807) is 7.11 Å². The number of fused-ring (bicyclic) bond motifs is 1. The molecule has 3 aromatic carbocycles. The van der Waals surface area contributed by atoms with Crippen molar-refractivity contribution in [2.45, 2.75) is 11.3 Å². The fourth-order valence-electron chi connectivity index (χ4n) is 2.78. The minimum Gasteiger partial charge on any atom is -0.497 e. The molecule has 0 atom stereocenters. The molecule has 0 bridgehead atoms. The number of benzene rings is 3. The number of ether oxygens (including phenoxy) is 2. The molecule has 0 unspecified atom stereocenters. The third-order valence-electron chi connectivity index (χ3n) is 4.34. The minimum atomic E-state index is -0.409. The summed E-state index contributed by atoms with van der Waals surface area (Å²) in [6.45, 7) is 0.217. The molecule has 3 rings (SSSR count). The van der Waals surface area contributed by atoms with Crippen molar-refractivity contribution >= 4 is 34.4 Å². The Morgan fingerprint density at radius 2 is 1.72 bits per heavy atom. The first-order chi connectivity index (χ1) is 14.1. The highest BCUT2D eigenvalue weighted by molar-refractivity contribution is 8.00. The van der Waals surface area contributed by atoms with Gasteiger partial charge in [-0.15, -0.1) is 11.8 Å². The third-order valence-corrected chi connectivity index (χ3v) is 5.30. The molecule has 0 aliphatic carbocycles. The predicted octanol–water partition coefficient (Wildman–Crippen LogP) is 3.84. The average Bonchev–Trinajstić information content (AvgIpc) is 2.76. The molecule has 6 heteroatoms. The van der Waals surface area contributed by atoms with Gasteiger partial charge in [-0.1, -0.05) is 42.5 Å². The van der Waals surface area contributed by atoms with Gasteiger partial charge in [0.05, 0.1) is 12.9 Å². The molecule has 0 fully saturated rings. The first kappa shape index (κ1) is 20.7. The summed E-state index contributed by atoms with van der Waals surface area (Å²) < 4.78 is 10.2. The van der Waals surface area contributed by atoms with Crippen molar-refractivity contribution in [3.05, 3.63) is 72.3 Å². The maximum atomic E-state index is 11.9. The number of methoxy groups -OCH3 is 1. The molecule has 0 radical (unpaired) electrons. The highest BCUT2D eigenvalue weighted by atomic mass is 32.2. The van der Waals surface area contributed by atoms with E-state index in [2.05, 4.69) is 5.32 Å². The Balaban J connectivity index is 1.34. The third kappa shape index (κ3) is 6.54. The smallest absolute Gasteiger partial charge is 0.316 e. The fourth-order valence-corrected chi connectivity index (χ4v) is 3.52. The van der Waals surface area contributed by atoms with Crippen LogP contribution in [0, 0.1) is 0 Å². The van der Waals surface area contributed by atoms with Crippen LogP contribution in [0.25, 0.3) is 10.8 Å². The van der Waals surface area contributed by atoms with E-state index in [4.69, 9.17) is 9.47 Å². The molecule has 0 saturated carbocycles. The summed E-state index contributed by atoms with van der Waals surface area (Å²) in [7, 11) is 1.62. The molecular formula is C23H23NO4S.